The smallest absolute Gasteiger partial charge is 0.243 e. The Morgan fingerprint density at radius 2 is 1.50 bits per heavy atom. The number of tetrazole rings is 2. The number of rotatable bonds is 6. The van der Waals surface area contributed by atoms with Gasteiger partial charge in [0.25, 0.3) is 0 Å². The lowest BCUT2D eigenvalue weighted by molar-refractivity contribution is 0.135. The van der Waals surface area contributed by atoms with Crippen LogP contribution < -0.4 is 4.74 Å². The van der Waals surface area contributed by atoms with Gasteiger partial charge in [-0.3, -0.25) is 0 Å². The highest BCUT2D eigenvalue weighted by atomic mass is 32.2. The van der Waals surface area contributed by atoms with Crippen molar-refractivity contribution in [2.75, 3.05) is 13.1 Å². The molecule has 0 N–H and O–H groups in total. The van der Waals surface area contributed by atoms with Crippen molar-refractivity contribution in [3.63, 3.8) is 0 Å². The van der Waals surface area contributed by atoms with Crippen LogP contribution in [0, 0.1) is 0 Å². The van der Waals surface area contributed by atoms with Gasteiger partial charge in [-0.1, -0.05) is 6.07 Å². The largest absolute Gasteiger partial charge is 0.490 e. The molecule has 164 valence electrons. The molecule has 0 spiro atoms. The van der Waals surface area contributed by atoms with Crippen molar-refractivity contribution < 1.29 is 13.2 Å². The summed E-state index contributed by atoms with van der Waals surface area (Å²) in [7, 11) is -3.59. The van der Waals surface area contributed by atoms with Crippen LogP contribution in [-0.4, -0.2) is 72.3 Å². The molecule has 2 aromatic carbocycles. The molecular weight excluding hydrogens is 434 g/mol. The summed E-state index contributed by atoms with van der Waals surface area (Å²) in [5.74, 6) is 0.692. The van der Waals surface area contributed by atoms with Crippen LogP contribution in [0.25, 0.3) is 11.4 Å². The summed E-state index contributed by atoms with van der Waals surface area (Å²) >= 11 is 0. The van der Waals surface area contributed by atoms with Crippen LogP contribution in [0.15, 0.2) is 66.1 Å². The molecule has 0 saturated carbocycles. The summed E-state index contributed by atoms with van der Waals surface area (Å²) < 4.78 is 36.7. The Morgan fingerprint density at radius 3 is 2.12 bits per heavy atom. The Bertz CT molecular complexity index is 1270. The summed E-state index contributed by atoms with van der Waals surface area (Å²) in [6.07, 6.45) is 4.08. The molecule has 12 nitrogen and oxygen atoms in total. The van der Waals surface area contributed by atoms with Crippen molar-refractivity contribution in [3.05, 3.63) is 61.2 Å². The highest BCUT2D eigenvalue weighted by Gasteiger charge is 2.30. The first kappa shape index (κ1) is 20.2. The predicted molar refractivity (Wildman–Crippen MR) is 111 cm³/mol. The molecule has 0 atom stereocenters. The van der Waals surface area contributed by atoms with Crippen LogP contribution in [0.3, 0.4) is 0 Å². The van der Waals surface area contributed by atoms with E-state index < -0.39 is 10.0 Å². The van der Waals surface area contributed by atoms with Crippen LogP contribution in [0.1, 0.15) is 12.8 Å². The number of sulfonamides is 1. The van der Waals surface area contributed by atoms with E-state index in [1.54, 1.807) is 28.9 Å². The number of aromatic nitrogens is 8. The van der Waals surface area contributed by atoms with Gasteiger partial charge in [0.1, 0.15) is 24.5 Å². The van der Waals surface area contributed by atoms with Crippen molar-refractivity contribution in [1.82, 2.24) is 44.7 Å². The Labute approximate surface area is 183 Å². The SMILES string of the molecule is O=S(=O)(c1ccc(-n2cnnn2)cc1)N1CCC(Oc2cccc(-n3cnnn3)c2)CC1. The van der Waals surface area contributed by atoms with E-state index in [1.807, 2.05) is 24.3 Å². The van der Waals surface area contributed by atoms with Crippen LogP contribution in [-0.2, 0) is 10.0 Å². The molecule has 1 aliphatic heterocycles. The highest BCUT2D eigenvalue weighted by Crippen LogP contribution is 2.25. The Hall–Kier alpha value is -3.71. The molecule has 32 heavy (non-hydrogen) atoms. The van der Waals surface area contributed by atoms with Gasteiger partial charge in [-0.25, -0.2) is 17.8 Å². The van der Waals surface area contributed by atoms with E-state index in [9.17, 15) is 8.42 Å². The minimum atomic E-state index is -3.59. The summed E-state index contributed by atoms with van der Waals surface area (Å²) in [4.78, 5) is 0.239. The van der Waals surface area contributed by atoms with Gasteiger partial charge in [0.15, 0.2) is 0 Å². The third-order valence-electron chi connectivity index (χ3n) is 5.22. The number of nitrogens with zero attached hydrogens (tertiary/aromatic N) is 9. The van der Waals surface area contributed by atoms with E-state index in [0.717, 1.165) is 5.69 Å². The molecule has 1 aliphatic rings. The molecule has 0 unspecified atom stereocenters. The second-order valence-corrected chi connectivity index (χ2v) is 9.16. The molecule has 2 aromatic heterocycles. The van der Waals surface area contributed by atoms with Gasteiger partial charge in [-0.15, -0.1) is 10.2 Å². The topological polar surface area (TPSA) is 134 Å². The van der Waals surface area contributed by atoms with Gasteiger partial charge in [-0.05, 0) is 70.1 Å². The summed E-state index contributed by atoms with van der Waals surface area (Å²) in [6, 6.07) is 14.0. The maximum atomic E-state index is 13.0. The molecule has 1 saturated heterocycles. The van der Waals surface area contributed by atoms with Crippen molar-refractivity contribution >= 4 is 10.0 Å². The monoisotopic (exact) mass is 453 g/mol. The van der Waals surface area contributed by atoms with Crippen molar-refractivity contribution in [3.8, 4) is 17.1 Å². The van der Waals surface area contributed by atoms with Gasteiger partial charge in [0.05, 0.1) is 16.3 Å². The third kappa shape index (κ3) is 4.07. The van der Waals surface area contributed by atoms with Crippen molar-refractivity contribution in [1.29, 1.82) is 0 Å². The normalized spacial score (nSPS) is 15.6. The van der Waals surface area contributed by atoms with Gasteiger partial charge in [-0.2, -0.15) is 4.31 Å². The average Bonchev–Trinajstić information content (AvgIpc) is 3.54. The first-order valence-electron chi connectivity index (χ1n) is 9.93. The van der Waals surface area contributed by atoms with Gasteiger partial charge in [0, 0.05) is 19.2 Å². The molecular formula is C19H19N9O3S. The molecule has 1 fully saturated rings. The maximum Gasteiger partial charge on any atom is 0.243 e. The summed E-state index contributed by atoms with van der Waals surface area (Å²) in [5, 5.41) is 22.1. The number of piperidine rings is 1. The van der Waals surface area contributed by atoms with Crippen LogP contribution in [0.4, 0.5) is 0 Å². The van der Waals surface area contributed by atoms with Crippen LogP contribution in [0.2, 0.25) is 0 Å². The average molecular weight is 453 g/mol. The fourth-order valence-corrected chi connectivity index (χ4v) is 5.03. The standard InChI is InChI=1S/C19H19N9O3S/c29-32(30,19-6-4-15(5-7-19)27-13-20-22-24-27)26-10-8-17(9-11-26)31-18-3-1-2-16(12-18)28-14-21-23-25-28/h1-7,12-14,17H,8-11H2. The molecule has 0 amide bonds. The van der Waals surface area contributed by atoms with E-state index >= 15 is 0 Å². The maximum absolute atomic E-state index is 13.0. The molecule has 0 radical (unpaired) electrons. The zero-order valence-corrected chi connectivity index (χ0v) is 17.7. The molecule has 4 aromatic rings. The molecule has 5 rings (SSSR count). The predicted octanol–water partition coefficient (Wildman–Crippen LogP) is 0.870. The zero-order chi connectivity index (χ0) is 22.0. The fourth-order valence-electron chi connectivity index (χ4n) is 3.56. The van der Waals surface area contributed by atoms with E-state index in [-0.39, 0.29) is 11.0 Å². The Morgan fingerprint density at radius 1 is 0.844 bits per heavy atom. The van der Waals surface area contributed by atoms with Crippen molar-refractivity contribution in [2.45, 2.75) is 23.8 Å². The third-order valence-corrected chi connectivity index (χ3v) is 7.14. The van der Waals surface area contributed by atoms with E-state index in [0.29, 0.717) is 37.4 Å². The zero-order valence-electron chi connectivity index (χ0n) is 16.8. The Kier molecular flexibility index (Phi) is 5.33. The van der Waals surface area contributed by atoms with Gasteiger partial charge >= 0.3 is 0 Å². The van der Waals surface area contributed by atoms with Crippen LogP contribution >= 0.6 is 0 Å². The summed E-state index contributed by atoms with van der Waals surface area (Å²) in [5.41, 5.74) is 1.47. The lowest BCUT2D eigenvalue weighted by atomic mass is 10.1. The number of ether oxygens (including phenoxy) is 1. The summed E-state index contributed by atoms with van der Waals surface area (Å²) in [6.45, 7) is 0.767. The minimum absolute atomic E-state index is 0.0761. The molecule has 3 heterocycles. The van der Waals surface area contributed by atoms with Crippen LogP contribution in [0.5, 0.6) is 5.75 Å². The quantitative estimate of drug-likeness (QED) is 0.417. The van der Waals surface area contributed by atoms with E-state index in [1.165, 1.54) is 21.6 Å². The lowest BCUT2D eigenvalue weighted by Gasteiger charge is -2.31. The fraction of sp³-hybridized carbons (Fsp3) is 0.263. The lowest BCUT2D eigenvalue weighted by Crippen LogP contribution is -2.41. The van der Waals surface area contributed by atoms with Gasteiger partial charge < -0.3 is 4.74 Å². The molecule has 13 heteroatoms. The first-order chi connectivity index (χ1) is 15.6. The van der Waals surface area contributed by atoms with E-state index in [2.05, 4.69) is 31.1 Å². The second kappa shape index (κ2) is 8.43. The molecule has 0 aliphatic carbocycles. The van der Waals surface area contributed by atoms with E-state index in [4.69, 9.17) is 4.74 Å². The molecule has 0 bridgehead atoms. The van der Waals surface area contributed by atoms with Gasteiger partial charge in [0.2, 0.25) is 10.0 Å². The first-order valence-corrected chi connectivity index (χ1v) is 11.4. The Balaban J connectivity index is 1.22. The second-order valence-electron chi connectivity index (χ2n) is 7.22. The number of hydrogen-bond acceptors (Lipinski definition) is 9. The highest BCUT2D eigenvalue weighted by molar-refractivity contribution is 7.89. The number of benzene rings is 2. The number of hydrogen-bond donors (Lipinski definition) is 0. The van der Waals surface area contributed by atoms with Crippen molar-refractivity contribution in [2.24, 2.45) is 0 Å². The minimum Gasteiger partial charge on any atom is -0.490 e.